The Morgan fingerprint density at radius 2 is 2.04 bits per heavy atom. The van der Waals surface area contributed by atoms with Gasteiger partial charge in [-0.2, -0.15) is 13.2 Å². The number of hydrogen-bond donors (Lipinski definition) is 1. The highest BCUT2D eigenvalue weighted by Gasteiger charge is 2.37. The summed E-state index contributed by atoms with van der Waals surface area (Å²) in [4.78, 5) is 16.3. The van der Waals surface area contributed by atoms with Gasteiger partial charge in [-0.15, -0.1) is 0 Å². The van der Waals surface area contributed by atoms with E-state index in [0.717, 1.165) is 6.92 Å². The molecule has 0 radical (unpaired) electrons. The largest absolute Gasteiger partial charge is 0.392 e. The molecular weight excluding hydrogens is 386 g/mol. The number of alkyl halides is 3. The molecular formula is C18H14ClF4N3O. The van der Waals surface area contributed by atoms with Gasteiger partial charge in [-0.05, 0) is 24.3 Å². The lowest BCUT2D eigenvalue weighted by Crippen LogP contribution is -2.25. The maximum absolute atomic E-state index is 13.7. The summed E-state index contributed by atoms with van der Waals surface area (Å²) in [6.07, 6.45) is -4.05. The van der Waals surface area contributed by atoms with Gasteiger partial charge < -0.3 is 5.32 Å². The zero-order chi connectivity index (χ0) is 19.8. The number of rotatable bonds is 4. The van der Waals surface area contributed by atoms with Gasteiger partial charge in [0.2, 0.25) is 5.91 Å². The molecule has 0 fully saturated rings. The minimum atomic E-state index is -4.48. The molecule has 9 heteroatoms. The summed E-state index contributed by atoms with van der Waals surface area (Å²) < 4.78 is 53.2. The summed E-state index contributed by atoms with van der Waals surface area (Å²) in [7, 11) is 0. The number of nitrogens with one attached hydrogen (secondary N) is 1. The topological polar surface area (TPSA) is 46.4 Å². The molecule has 3 rings (SSSR count). The van der Waals surface area contributed by atoms with Crippen LogP contribution in [0, 0.1) is 11.7 Å². The lowest BCUT2D eigenvalue weighted by atomic mass is 10.1. The minimum Gasteiger partial charge on any atom is -0.309 e. The summed E-state index contributed by atoms with van der Waals surface area (Å²) >= 11 is 6.01. The van der Waals surface area contributed by atoms with Gasteiger partial charge in [-0.1, -0.05) is 30.7 Å². The van der Waals surface area contributed by atoms with Crippen LogP contribution in [0.1, 0.15) is 13.3 Å². The third-order valence-corrected chi connectivity index (χ3v) is 4.22. The van der Waals surface area contributed by atoms with Gasteiger partial charge in [-0.3, -0.25) is 9.20 Å². The van der Waals surface area contributed by atoms with Crippen molar-refractivity contribution in [3.05, 3.63) is 53.4 Å². The number of imidazole rings is 1. The number of amides is 1. The fraction of sp³-hybridized carbons (Fsp3) is 0.222. The molecule has 1 atom stereocenters. The zero-order valence-corrected chi connectivity index (χ0v) is 14.8. The number of benzene rings is 1. The van der Waals surface area contributed by atoms with Gasteiger partial charge in [-0.25, -0.2) is 9.37 Å². The van der Waals surface area contributed by atoms with E-state index in [4.69, 9.17) is 11.6 Å². The fourth-order valence-electron chi connectivity index (χ4n) is 2.59. The van der Waals surface area contributed by atoms with Gasteiger partial charge in [0.25, 0.3) is 0 Å². The summed E-state index contributed by atoms with van der Waals surface area (Å²) in [5, 5.41) is 2.81. The number of carbonyl (C=O) groups is 1. The third-order valence-electron chi connectivity index (χ3n) is 3.99. The smallest absolute Gasteiger partial charge is 0.309 e. The normalized spacial score (nSPS) is 13.0. The highest BCUT2D eigenvalue weighted by molar-refractivity contribution is 6.30. The molecule has 4 nitrogen and oxygen atoms in total. The first-order valence-corrected chi connectivity index (χ1v) is 8.33. The Bertz CT molecular complexity index is 1000. The molecule has 1 unspecified atom stereocenters. The van der Waals surface area contributed by atoms with Crippen molar-refractivity contribution in [2.45, 2.75) is 19.5 Å². The van der Waals surface area contributed by atoms with Crippen molar-refractivity contribution >= 4 is 29.0 Å². The number of pyridine rings is 1. The van der Waals surface area contributed by atoms with Gasteiger partial charge in [0.15, 0.2) is 5.82 Å². The zero-order valence-electron chi connectivity index (χ0n) is 14.0. The second-order valence-corrected chi connectivity index (χ2v) is 6.53. The van der Waals surface area contributed by atoms with Gasteiger partial charge in [0.05, 0.1) is 11.6 Å². The Hall–Kier alpha value is -2.61. The molecule has 0 aliphatic carbocycles. The van der Waals surface area contributed by atoms with Crippen molar-refractivity contribution in [2.24, 2.45) is 5.92 Å². The molecule has 1 amide bonds. The van der Waals surface area contributed by atoms with Gasteiger partial charge in [0, 0.05) is 23.2 Å². The van der Waals surface area contributed by atoms with Crippen molar-refractivity contribution in [1.82, 2.24) is 9.38 Å². The molecule has 0 bridgehead atoms. The fourth-order valence-corrected chi connectivity index (χ4v) is 2.78. The molecule has 0 saturated heterocycles. The quantitative estimate of drug-likeness (QED) is 0.603. The van der Waals surface area contributed by atoms with Crippen LogP contribution >= 0.6 is 11.6 Å². The average Bonchev–Trinajstić information content (AvgIpc) is 2.90. The lowest BCUT2D eigenvalue weighted by Gasteiger charge is -2.15. The number of aromatic nitrogens is 2. The van der Waals surface area contributed by atoms with E-state index in [9.17, 15) is 22.4 Å². The number of halogens is 5. The predicted molar refractivity (Wildman–Crippen MR) is 94.1 cm³/mol. The van der Waals surface area contributed by atoms with Crippen LogP contribution in [-0.2, 0) is 4.79 Å². The number of anilines is 1. The molecule has 1 N–H and O–H groups in total. The van der Waals surface area contributed by atoms with Gasteiger partial charge >= 0.3 is 6.18 Å². The lowest BCUT2D eigenvalue weighted by molar-refractivity contribution is -0.173. The Kier molecular flexibility index (Phi) is 5.10. The molecule has 0 aliphatic heterocycles. The van der Waals surface area contributed by atoms with Crippen LogP contribution in [0.5, 0.6) is 0 Å². The Morgan fingerprint density at radius 1 is 1.30 bits per heavy atom. The molecule has 0 spiro atoms. The molecule has 27 heavy (non-hydrogen) atoms. The summed E-state index contributed by atoms with van der Waals surface area (Å²) in [6, 6.07) is 9.16. The van der Waals surface area contributed by atoms with Crippen LogP contribution < -0.4 is 5.32 Å². The summed E-state index contributed by atoms with van der Waals surface area (Å²) in [6.45, 7) is 0.927. The molecule has 0 aliphatic rings. The van der Waals surface area contributed by atoms with Crippen molar-refractivity contribution in [1.29, 1.82) is 0 Å². The monoisotopic (exact) mass is 399 g/mol. The number of nitrogens with zero attached hydrogens (tertiary/aromatic N) is 2. The van der Waals surface area contributed by atoms with E-state index in [1.807, 2.05) is 0 Å². The van der Waals surface area contributed by atoms with Crippen molar-refractivity contribution in [3.8, 4) is 11.3 Å². The number of hydrogen-bond acceptors (Lipinski definition) is 2. The molecule has 2 heterocycles. The van der Waals surface area contributed by atoms with E-state index in [0.29, 0.717) is 21.9 Å². The Balaban J connectivity index is 2.02. The SMILES string of the molecule is CC(CC(=O)Nc1nc2ccc(F)cn2c1-c1cccc(Cl)c1)C(F)(F)F. The van der Waals surface area contributed by atoms with Crippen molar-refractivity contribution in [3.63, 3.8) is 0 Å². The number of fused-ring (bicyclic) bond motifs is 1. The minimum absolute atomic E-state index is 0.0299. The van der Waals surface area contributed by atoms with Crippen molar-refractivity contribution in [2.75, 3.05) is 5.32 Å². The first-order valence-electron chi connectivity index (χ1n) is 7.95. The summed E-state index contributed by atoms with van der Waals surface area (Å²) in [5.74, 6) is -3.15. The highest BCUT2D eigenvalue weighted by atomic mass is 35.5. The Labute approximate surface area is 156 Å². The van der Waals surface area contributed by atoms with Crippen LogP contribution in [-0.4, -0.2) is 21.5 Å². The molecule has 0 saturated carbocycles. The first-order chi connectivity index (χ1) is 12.6. The maximum atomic E-state index is 13.7. The second kappa shape index (κ2) is 7.19. The van der Waals surface area contributed by atoms with Crippen LogP contribution in [0.4, 0.5) is 23.4 Å². The van der Waals surface area contributed by atoms with Crippen LogP contribution in [0.3, 0.4) is 0 Å². The molecule has 142 valence electrons. The maximum Gasteiger partial charge on any atom is 0.392 e. The van der Waals surface area contributed by atoms with E-state index >= 15 is 0 Å². The van der Waals surface area contributed by atoms with Crippen LogP contribution in [0.2, 0.25) is 5.02 Å². The standard InChI is InChI=1S/C18H14ClF4N3O/c1-10(18(21,22)23)7-15(27)25-17-16(11-3-2-4-12(19)8-11)26-9-13(20)5-6-14(26)24-17/h2-6,8-10H,7H2,1H3,(H,25,27). The second-order valence-electron chi connectivity index (χ2n) is 6.09. The van der Waals surface area contributed by atoms with Crippen molar-refractivity contribution < 1.29 is 22.4 Å². The van der Waals surface area contributed by atoms with E-state index in [-0.39, 0.29) is 5.82 Å². The van der Waals surface area contributed by atoms with Gasteiger partial charge in [0.1, 0.15) is 11.5 Å². The average molecular weight is 400 g/mol. The predicted octanol–water partition coefficient (Wildman–Crippen LogP) is 5.32. The third kappa shape index (κ3) is 4.21. The van der Waals surface area contributed by atoms with E-state index in [1.54, 1.807) is 24.3 Å². The van der Waals surface area contributed by atoms with E-state index < -0.39 is 30.2 Å². The molecule has 3 aromatic rings. The van der Waals surface area contributed by atoms with E-state index in [1.165, 1.54) is 22.7 Å². The highest BCUT2D eigenvalue weighted by Crippen LogP contribution is 2.32. The van der Waals surface area contributed by atoms with Crippen LogP contribution in [0.15, 0.2) is 42.6 Å². The first kappa shape index (κ1) is 19.2. The Morgan fingerprint density at radius 3 is 2.70 bits per heavy atom. The van der Waals surface area contributed by atoms with Crippen LogP contribution in [0.25, 0.3) is 16.9 Å². The molecule has 2 aromatic heterocycles. The number of carbonyl (C=O) groups excluding carboxylic acids is 1. The molecule has 1 aromatic carbocycles. The van der Waals surface area contributed by atoms with E-state index in [2.05, 4.69) is 10.3 Å². The summed E-state index contributed by atoms with van der Waals surface area (Å²) in [5.41, 5.74) is 1.17.